The van der Waals surface area contributed by atoms with E-state index in [2.05, 4.69) is 28.7 Å². The second-order valence-corrected chi connectivity index (χ2v) is 3.86. The number of aromatic nitrogens is 2. The number of benzene rings is 1. The van der Waals surface area contributed by atoms with Crippen LogP contribution in [0.25, 0.3) is 11.0 Å². The molecule has 0 amide bonds. The van der Waals surface area contributed by atoms with Crippen molar-refractivity contribution >= 4 is 28.5 Å². The lowest BCUT2D eigenvalue weighted by molar-refractivity contribution is 0.846. The molecular formula is C12H14ClN3. The van der Waals surface area contributed by atoms with Crippen LogP contribution in [0.4, 0.5) is 5.82 Å². The van der Waals surface area contributed by atoms with Crippen molar-refractivity contribution in [2.45, 2.75) is 13.8 Å². The molecule has 1 heterocycles. The standard InChI is InChI=1S/C12H14ClN3/c1-3-16(4-2)12-11(13)14-9-7-5-6-8-10(9)15-12/h5-8H,3-4H2,1-2H3. The molecule has 16 heavy (non-hydrogen) atoms. The molecule has 0 bridgehead atoms. The van der Waals surface area contributed by atoms with Gasteiger partial charge in [0.15, 0.2) is 11.0 Å². The first-order valence-electron chi connectivity index (χ1n) is 5.43. The molecule has 0 aliphatic carbocycles. The van der Waals surface area contributed by atoms with Crippen LogP contribution in [0.15, 0.2) is 24.3 Å². The van der Waals surface area contributed by atoms with Gasteiger partial charge in [-0.15, -0.1) is 0 Å². The molecule has 0 saturated carbocycles. The van der Waals surface area contributed by atoms with E-state index in [0.717, 1.165) is 29.9 Å². The summed E-state index contributed by atoms with van der Waals surface area (Å²) in [5, 5.41) is 0.474. The monoisotopic (exact) mass is 235 g/mol. The summed E-state index contributed by atoms with van der Waals surface area (Å²) >= 11 is 6.14. The average Bonchev–Trinajstić information content (AvgIpc) is 2.31. The van der Waals surface area contributed by atoms with Gasteiger partial charge in [0, 0.05) is 13.1 Å². The Morgan fingerprint density at radius 2 is 1.62 bits per heavy atom. The highest BCUT2D eigenvalue weighted by Crippen LogP contribution is 2.24. The fraction of sp³-hybridized carbons (Fsp3) is 0.333. The van der Waals surface area contributed by atoms with Gasteiger partial charge in [-0.2, -0.15) is 0 Å². The average molecular weight is 236 g/mol. The second kappa shape index (κ2) is 4.66. The van der Waals surface area contributed by atoms with Crippen LogP contribution >= 0.6 is 11.6 Å². The Labute approximate surface area is 100 Å². The van der Waals surface area contributed by atoms with Crippen molar-refractivity contribution in [2.75, 3.05) is 18.0 Å². The lowest BCUT2D eigenvalue weighted by Crippen LogP contribution is -2.23. The summed E-state index contributed by atoms with van der Waals surface area (Å²) in [4.78, 5) is 11.0. The van der Waals surface area contributed by atoms with Crippen molar-refractivity contribution in [2.24, 2.45) is 0 Å². The van der Waals surface area contributed by atoms with E-state index in [9.17, 15) is 0 Å². The van der Waals surface area contributed by atoms with E-state index >= 15 is 0 Å². The fourth-order valence-corrected chi connectivity index (χ4v) is 1.95. The first-order valence-corrected chi connectivity index (χ1v) is 5.81. The minimum Gasteiger partial charge on any atom is -0.355 e. The third-order valence-electron chi connectivity index (χ3n) is 2.57. The maximum absolute atomic E-state index is 6.14. The van der Waals surface area contributed by atoms with Crippen molar-refractivity contribution in [1.82, 2.24) is 9.97 Å². The van der Waals surface area contributed by atoms with Crippen molar-refractivity contribution in [1.29, 1.82) is 0 Å². The highest BCUT2D eigenvalue weighted by molar-refractivity contribution is 6.32. The van der Waals surface area contributed by atoms with Crippen LogP contribution in [-0.2, 0) is 0 Å². The Morgan fingerprint density at radius 1 is 1.06 bits per heavy atom. The quantitative estimate of drug-likeness (QED) is 0.819. The zero-order chi connectivity index (χ0) is 11.5. The Bertz CT molecular complexity index is 495. The van der Waals surface area contributed by atoms with Crippen LogP contribution in [0.2, 0.25) is 5.15 Å². The molecule has 0 atom stereocenters. The molecule has 0 spiro atoms. The summed E-state index contributed by atoms with van der Waals surface area (Å²) in [5.41, 5.74) is 1.72. The molecule has 3 nitrogen and oxygen atoms in total. The predicted molar refractivity (Wildman–Crippen MR) is 68.1 cm³/mol. The lowest BCUT2D eigenvalue weighted by atomic mass is 10.3. The number of fused-ring (bicyclic) bond motifs is 1. The Morgan fingerprint density at radius 3 is 2.19 bits per heavy atom. The van der Waals surface area contributed by atoms with Crippen LogP contribution in [0, 0.1) is 0 Å². The van der Waals surface area contributed by atoms with E-state index in [4.69, 9.17) is 11.6 Å². The van der Waals surface area contributed by atoms with Crippen molar-refractivity contribution in [3.8, 4) is 0 Å². The number of para-hydroxylation sites is 2. The third kappa shape index (κ3) is 1.95. The molecule has 1 aromatic heterocycles. The SMILES string of the molecule is CCN(CC)c1nc2ccccc2nc1Cl. The van der Waals surface area contributed by atoms with Gasteiger partial charge in [0.25, 0.3) is 0 Å². The Balaban J connectivity index is 2.57. The maximum atomic E-state index is 6.14. The normalized spacial score (nSPS) is 10.7. The molecule has 0 radical (unpaired) electrons. The molecular weight excluding hydrogens is 222 g/mol. The first-order chi connectivity index (χ1) is 7.76. The zero-order valence-electron chi connectivity index (χ0n) is 9.44. The summed E-state index contributed by atoms with van der Waals surface area (Å²) in [6.07, 6.45) is 0. The van der Waals surface area contributed by atoms with Gasteiger partial charge in [0.1, 0.15) is 0 Å². The Kier molecular flexibility index (Phi) is 3.25. The summed E-state index contributed by atoms with van der Waals surface area (Å²) in [5.74, 6) is 0.769. The minimum atomic E-state index is 0.474. The van der Waals surface area contributed by atoms with E-state index in [1.165, 1.54) is 0 Å². The molecule has 2 rings (SSSR count). The molecule has 0 fully saturated rings. The highest BCUT2D eigenvalue weighted by Gasteiger charge is 2.11. The van der Waals surface area contributed by atoms with E-state index < -0.39 is 0 Å². The zero-order valence-corrected chi connectivity index (χ0v) is 10.2. The topological polar surface area (TPSA) is 29.0 Å². The van der Waals surface area contributed by atoms with E-state index in [-0.39, 0.29) is 0 Å². The van der Waals surface area contributed by atoms with Crippen LogP contribution < -0.4 is 4.90 Å². The molecule has 84 valence electrons. The molecule has 0 N–H and O–H groups in total. The number of rotatable bonds is 3. The summed E-state index contributed by atoms with van der Waals surface area (Å²) in [7, 11) is 0. The molecule has 1 aromatic carbocycles. The second-order valence-electron chi connectivity index (χ2n) is 3.50. The van der Waals surface area contributed by atoms with Crippen LogP contribution in [0.3, 0.4) is 0 Å². The summed E-state index contributed by atoms with van der Waals surface area (Å²) in [6.45, 7) is 5.92. The van der Waals surface area contributed by atoms with Crippen LogP contribution in [0.5, 0.6) is 0 Å². The molecule has 0 saturated heterocycles. The van der Waals surface area contributed by atoms with Gasteiger partial charge in [-0.05, 0) is 26.0 Å². The third-order valence-corrected chi connectivity index (χ3v) is 2.83. The van der Waals surface area contributed by atoms with E-state index in [0.29, 0.717) is 5.15 Å². The molecule has 4 heteroatoms. The van der Waals surface area contributed by atoms with Gasteiger partial charge >= 0.3 is 0 Å². The van der Waals surface area contributed by atoms with Crippen molar-refractivity contribution in [3.63, 3.8) is 0 Å². The van der Waals surface area contributed by atoms with Crippen LogP contribution in [0.1, 0.15) is 13.8 Å². The summed E-state index contributed by atoms with van der Waals surface area (Å²) in [6, 6.07) is 7.76. The first kappa shape index (κ1) is 11.1. The van der Waals surface area contributed by atoms with Gasteiger partial charge in [-0.1, -0.05) is 23.7 Å². The number of hydrogen-bond donors (Lipinski definition) is 0. The molecule has 0 aliphatic rings. The summed E-state index contributed by atoms with van der Waals surface area (Å²) < 4.78 is 0. The molecule has 0 unspecified atom stereocenters. The lowest BCUT2D eigenvalue weighted by Gasteiger charge is -2.20. The fourth-order valence-electron chi connectivity index (χ4n) is 1.69. The van der Waals surface area contributed by atoms with Gasteiger partial charge in [0.2, 0.25) is 0 Å². The van der Waals surface area contributed by atoms with Crippen molar-refractivity contribution in [3.05, 3.63) is 29.4 Å². The van der Waals surface area contributed by atoms with Gasteiger partial charge in [-0.25, -0.2) is 9.97 Å². The number of nitrogens with zero attached hydrogens (tertiary/aromatic N) is 3. The number of hydrogen-bond acceptors (Lipinski definition) is 3. The predicted octanol–water partition coefficient (Wildman–Crippen LogP) is 3.13. The van der Waals surface area contributed by atoms with Gasteiger partial charge in [-0.3, -0.25) is 0 Å². The molecule has 2 aromatic rings. The van der Waals surface area contributed by atoms with E-state index in [1.807, 2.05) is 24.3 Å². The highest BCUT2D eigenvalue weighted by atomic mass is 35.5. The minimum absolute atomic E-state index is 0.474. The smallest absolute Gasteiger partial charge is 0.172 e. The molecule has 0 aliphatic heterocycles. The van der Waals surface area contributed by atoms with Gasteiger partial charge < -0.3 is 4.90 Å². The number of anilines is 1. The maximum Gasteiger partial charge on any atom is 0.172 e. The largest absolute Gasteiger partial charge is 0.355 e. The number of halogens is 1. The van der Waals surface area contributed by atoms with Crippen LogP contribution in [-0.4, -0.2) is 23.1 Å². The Hall–Kier alpha value is -1.35. The van der Waals surface area contributed by atoms with E-state index in [1.54, 1.807) is 0 Å². The van der Waals surface area contributed by atoms with Crippen molar-refractivity contribution < 1.29 is 0 Å². The van der Waals surface area contributed by atoms with Gasteiger partial charge in [0.05, 0.1) is 11.0 Å².